The zero-order valence-electron chi connectivity index (χ0n) is 12.4. The second-order valence-electron chi connectivity index (χ2n) is 5.36. The summed E-state index contributed by atoms with van der Waals surface area (Å²) in [7, 11) is 0. The number of amides is 1. The highest BCUT2D eigenvalue weighted by atomic mass is 35.5. The number of hydrogen-bond acceptors (Lipinski definition) is 5. The van der Waals surface area contributed by atoms with Gasteiger partial charge >= 0.3 is 0 Å². The van der Waals surface area contributed by atoms with Crippen LogP contribution in [0.3, 0.4) is 0 Å². The minimum Gasteiger partial charge on any atom is -0.398 e. The lowest BCUT2D eigenvalue weighted by Gasteiger charge is -2.31. The molecule has 1 aliphatic rings. The zero-order chi connectivity index (χ0) is 14.8. The molecule has 1 fully saturated rings. The van der Waals surface area contributed by atoms with Gasteiger partial charge in [-0.2, -0.15) is 4.98 Å². The molecule has 6 nitrogen and oxygen atoms in total. The summed E-state index contributed by atoms with van der Waals surface area (Å²) in [6.07, 6.45) is 1.88. The van der Waals surface area contributed by atoms with Gasteiger partial charge in [-0.1, -0.05) is 17.3 Å². The molecule has 22 heavy (non-hydrogen) atoms. The molecule has 2 heterocycles. The maximum absolute atomic E-state index is 12.6. The van der Waals surface area contributed by atoms with Crippen LogP contribution in [0.25, 0.3) is 0 Å². The monoisotopic (exact) mass is 322 g/mol. The van der Waals surface area contributed by atoms with Crippen molar-refractivity contribution in [2.24, 2.45) is 0 Å². The number of nitrogen functional groups attached to an aromatic ring is 1. The molecule has 0 saturated carbocycles. The number of halogens is 1. The van der Waals surface area contributed by atoms with Gasteiger partial charge in [0.05, 0.1) is 11.5 Å². The van der Waals surface area contributed by atoms with Crippen LogP contribution in [0, 0.1) is 6.92 Å². The average molecular weight is 323 g/mol. The molecule has 1 saturated heterocycles. The number of hydrogen-bond donors (Lipinski definition) is 1. The van der Waals surface area contributed by atoms with Crippen molar-refractivity contribution in [1.82, 2.24) is 15.0 Å². The van der Waals surface area contributed by atoms with Crippen molar-refractivity contribution in [3.05, 3.63) is 41.5 Å². The predicted molar refractivity (Wildman–Crippen MR) is 85.0 cm³/mol. The van der Waals surface area contributed by atoms with E-state index in [0.29, 0.717) is 29.5 Å². The highest BCUT2D eigenvalue weighted by molar-refractivity contribution is 5.99. The Bertz CT molecular complexity index is 658. The normalized spacial score (nSPS) is 17.9. The van der Waals surface area contributed by atoms with E-state index in [9.17, 15) is 4.79 Å². The van der Waals surface area contributed by atoms with E-state index in [1.165, 1.54) is 0 Å². The Morgan fingerprint density at radius 1 is 1.41 bits per heavy atom. The maximum atomic E-state index is 12.6. The van der Waals surface area contributed by atoms with E-state index in [2.05, 4.69) is 10.1 Å². The SMILES string of the molecule is Cc1noc(C2CCCN(C(=O)c3ccccc3N)C2)n1.Cl. The molecule has 0 aliphatic carbocycles. The van der Waals surface area contributed by atoms with Crippen LogP contribution in [0.4, 0.5) is 5.69 Å². The van der Waals surface area contributed by atoms with E-state index in [1.54, 1.807) is 19.1 Å². The van der Waals surface area contributed by atoms with Gasteiger partial charge in [0.25, 0.3) is 5.91 Å². The van der Waals surface area contributed by atoms with Crippen molar-refractivity contribution in [1.29, 1.82) is 0 Å². The van der Waals surface area contributed by atoms with Gasteiger partial charge in [-0.3, -0.25) is 4.79 Å². The standard InChI is InChI=1S/C15H18N4O2.ClH/c1-10-17-14(21-18-10)11-5-4-8-19(9-11)15(20)12-6-2-3-7-13(12)16;/h2-3,6-7,11H,4-5,8-9,16H2,1H3;1H. The largest absolute Gasteiger partial charge is 0.398 e. The lowest BCUT2D eigenvalue weighted by molar-refractivity contribution is 0.0696. The molecule has 1 unspecified atom stereocenters. The fourth-order valence-electron chi connectivity index (χ4n) is 2.70. The summed E-state index contributed by atoms with van der Waals surface area (Å²) < 4.78 is 5.24. The van der Waals surface area contributed by atoms with Crippen molar-refractivity contribution in [3.8, 4) is 0 Å². The minimum atomic E-state index is -0.0333. The number of rotatable bonds is 2. The smallest absolute Gasteiger partial charge is 0.255 e. The van der Waals surface area contributed by atoms with Crippen LogP contribution >= 0.6 is 12.4 Å². The molecule has 1 aromatic heterocycles. The summed E-state index contributed by atoms with van der Waals surface area (Å²) in [4.78, 5) is 18.7. The third-order valence-electron chi connectivity index (χ3n) is 3.79. The quantitative estimate of drug-likeness (QED) is 0.858. The van der Waals surface area contributed by atoms with Gasteiger partial charge in [-0.25, -0.2) is 0 Å². The third-order valence-corrected chi connectivity index (χ3v) is 3.79. The molecule has 118 valence electrons. The van der Waals surface area contributed by atoms with Crippen LogP contribution in [0.1, 0.15) is 40.8 Å². The fourth-order valence-corrected chi connectivity index (χ4v) is 2.70. The number of likely N-dealkylation sites (tertiary alicyclic amines) is 1. The Labute approximate surface area is 135 Å². The number of carbonyl (C=O) groups excluding carboxylic acids is 1. The Hall–Kier alpha value is -2.08. The molecule has 1 aliphatic heterocycles. The van der Waals surface area contributed by atoms with Crippen molar-refractivity contribution in [2.45, 2.75) is 25.7 Å². The van der Waals surface area contributed by atoms with Gasteiger partial charge < -0.3 is 15.2 Å². The lowest BCUT2D eigenvalue weighted by atomic mass is 9.97. The van der Waals surface area contributed by atoms with Crippen LogP contribution in [0.15, 0.2) is 28.8 Å². The molecule has 3 rings (SSSR count). The predicted octanol–water partition coefficient (Wildman–Crippen LogP) is 2.40. The van der Waals surface area contributed by atoms with Gasteiger partial charge in [0.1, 0.15) is 0 Å². The Morgan fingerprint density at radius 2 is 2.18 bits per heavy atom. The van der Waals surface area contributed by atoms with Gasteiger partial charge in [0.15, 0.2) is 5.82 Å². The minimum absolute atomic E-state index is 0. The van der Waals surface area contributed by atoms with Gasteiger partial charge in [-0.05, 0) is 31.9 Å². The van der Waals surface area contributed by atoms with Crippen molar-refractivity contribution < 1.29 is 9.32 Å². The number of aromatic nitrogens is 2. The molecule has 7 heteroatoms. The average Bonchev–Trinajstić information content (AvgIpc) is 2.94. The van der Waals surface area contributed by atoms with Crippen molar-refractivity contribution in [3.63, 3.8) is 0 Å². The number of nitrogens with zero attached hydrogens (tertiary/aromatic N) is 3. The summed E-state index contributed by atoms with van der Waals surface area (Å²) in [5.41, 5.74) is 6.96. The van der Waals surface area contributed by atoms with E-state index in [4.69, 9.17) is 10.3 Å². The number of para-hydroxylation sites is 1. The van der Waals surface area contributed by atoms with Crippen LogP contribution in [0.5, 0.6) is 0 Å². The number of carbonyl (C=O) groups is 1. The summed E-state index contributed by atoms with van der Waals surface area (Å²) in [5.74, 6) is 1.31. The number of piperidine rings is 1. The summed E-state index contributed by atoms with van der Waals surface area (Å²) >= 11 is 0. The van der Waals surface area contributed by atoms with Gasteiger partial charge in [0.2, 0.25) is 5.89 Å². The molecule has 0 bridgehead atoms. The molecule has 0 spiro atoms. The first-order valence-corrected chi connectivity index (χ1v) is 7.09. The zero-order valence-corrected chi connectivity index (χ0v) is 13.2. The molecule has 0 radical (unpaired) electrons. The summed E-state index contributed by atoms with van der Waals surface area (Å²) in [6, 6.07) is 7.16. The first-order chi connectivity index (χ1) is 10.1. The lowest BCUT2D eigenvalue weighted by Crippen LogP contribution is -2.39. The third kappa shape index (κ3) is 3.22. The van der Waals surface area contributed by atoms with E-state index in [-0.39, 0.29) is 24.2 Å². The van der Waals surface area contributed by atoms with Crippen LogP contribution in [0.2, 0.25) is 0 Å². The highest BCUT2D eigenvalue weighted by Crippen LogP contribution is 2.27. The first-order valence-electron chi connectivity index (χ1n) is 7.09. The van der Waals surface area contributed by atoms with Crippen LogP contribution in [-0.2, 0) is 0 Å². The van der Waals surface area contributed by atoms with Gasteiger partial charge in [-0.15, -0.1) is 12.4 Å². The fraction of sp³-hybridized carbons (Fsp3) is 0.400. The number of anilines is 1. The van der Waals surface area contributed by atoms with E-state index in [1.807, 2.05) is 17.0 Å². The molecule has 1 atom stereocenters. The Morgan fingerprint density at radius 3 is 2.86 bits per heavy atom. The number of benzene rings is 1. The second kappa shape index (κ2) is 6.79. The molecule has 1 aromatic carbocycles. The molecule has 1 amide bonds. The molecule has 2 N–H and O–H groups in total. The highest BCUT2D eigenvalue weighted by Gasteiger charge is 2.29. The van der Waals surface area contributed by atoms with Crippen molar-refractivity contribution >= 4 is 24.0 Å². The Balaban J connectivity index is 0.00000176. The second-order valence-corrected chi connectivity index (χ2v) is 5.36. The number of aryl methyl sites for hydroxylation is 1. The Kier molecular flexibility index (Phi) is 5.03. The molecule has 2 aromatic rings. The van der Waals surface area contributed by atoms with E-state index >= 15 is 0 Å². The molecular formula is C15H19ClN4O2. The first kappa shape index (κ1) is 16.3. The van der Waals surface area contributed by atoms with Gasteiger partial charge in [0, 0.05) is 18.8 Å². The topological polar surface area (TPSA) is 85.2 Å². The van der Waals surface area contributed by atoms with Crippen molar-refractivity contribution in [2.75, 3.05) is 18.8 Å². The maximum Gasteiger partial charge on any atom is 0.255 e. The molecular weight excluding hydrogens is 304 g/mol. The summed E-state index contributed by atoms with van der Waals surface area (Å²) in [5, 5.41) is 3.82. The summed E-state index contributed by atoms with van der Waals surface area (Å²) in [6.45, 7) is 3.12. The number of nitrogens with two attached hydrogens (primary N) is 1. The van der Waals surface area contributed by atoms with Crippen LogP contribution < -0.4 is 5.73 Å². The van der Waals surface area contributed by atoms with E-state index in [0.717, 1.165) is 19.4 Å². The van der Waals surface area contributed by atoms with E-state index < -0.39 is 0 Å². The van der Waals surface area contributed by atoms with Crippen LogP contribution in [-0.4, -0.2) is 34.0 Å².